The van der Waals surface area contributed by atoms with Crippen molar-refractivity contribution in [3.8, 4) is 11.5 Å². The van der Waals surface area contributed by atoms with Crippen LogP contribution in [-0.4, -0.2) is 62.8 Å². The first kappa shape index (κ1) is 18.9. The van der Waals surface area contributed by atoms with Gasteiger partial charge in [-0.15, -0.1) is 0 Å². The van der Waals surface area contributed by atoms with E-state index in [1.54, 1.807) is 0 Å². The molecule has 1 atom stereocenters. The van der Waals surface area contributed by atoms with Gasteiger partial charge in [0.25, 0.3) is 0 Å². The lowest BCUT2D eigenvalue weighted by molar-refractivity contribution is -0.122. The lowest BCUT2D eigenvalue weighted by Gasteiger charge is -2.35. The van der Waals surface area contributed by atoms with E-state index in [9.17, 15) is 4.79 Å². The van der Waals surface area contributed by atoms with Gasteiger partial charge in [-0.25, -0.2) is 0 Å². The Hall–Kier alpha value is -2.44. The zero-order valence-electron chi connectivity index (χ0n) is 15.6. The molecule has 2 aliphatic rings. The maximum Gasteiger partial charge on any atom is 0.234 e. The smallest absolute Gasteiger partial charge is 0.234 e. The third kappa shape index (κ3) is 4.69. The van der Waals surface area contributed by atoms with E-state index >= 15 is 0 Å². The summed E-state index contributed by atoms with van der Waals surface area (Å²) < 4.78 is 11.6. The van der Waals surface area contributed by atoms with Crippen LogP contribution in [0.2, 0.25) is 5.02 Å². The molecular weight excluding hydrogens is 378 g/mol. The summed E-state index contributed by atoms with van der Waals surface area (Å²) in [5.41, 5.74) is 1.13. The molecule has 0 bridgehead atoms. The first-order valence-corrected chi connectivity index (χ1v) is 9.93. The fourth-order valence-corrected chi connectivity index (χ4v) is 3.67. The van der Waals surface area contributed by atoms with Crippen LogP contribution in [0.5, 0.6) is 11.5 Å². The summed E-state index contributed by atoms with van der Waals surface area (Å²) in [4.78, 5) is 16.8. The maximum absolute atomic E-state index is 12.3. The molecule has 0 radical (unpaired) electrons. The number of ether oxygens (including phenoxy) is 2. The summed E-state index contributed by atoms with van der Waals surface area (Å²) in [5, 5.41) is 3.71. The summed E-state index contributed by atoms with van der Waals surface area (Å²) in [5.74, 6) is 1.49. The van der Waals surface area contributed by atoms with Crippen molar-refractivity contribution in [2.75, 3.05) is 50.8 Å². The molecule has 1 saturated heterocycles. The van der Waals surface area contributed by atoms with Crippen molar-refractivity contribution in [3.05, 3.63) is 53.6 Å². The van der Waals surface area contributed by atoms with E-state index in [0.29, 0.717) is 19.7 Å². The van der Waals surface area contributed by atoms with Gasteiger partial charge in [0.2, 0.25) is 5.91 Å². The highest BCUT2D eigenvalue weighted by Gasteiger charge is 2.23. The molecule has 7 heteroatoms. The van der Waals surface area contributed by atoms with Gasteiger partial charge in [-0.2, -0.15) is 0 Å². The number of halogens is 1. The Morgan fingerprint density at radius 1 is 1.07 bits per heavy atom. The molecule has 2 aromatic rings. The third-order valence-corrected chi connectivity index (χ3v) is 5.24. The average molecular weight is 402 g/mol. The molecule has 148 valence electrons. The topological polar surface area (TPSA) is 54.0 Å². The molecule has 0 saturated carbocycles. The Morgan fingerprint density at radius 2 is 1.86 bits per heavy atom. The van der Waals surface area contributed by atoms with Gasteiger partial charge in [0.1, 0.15) is 12.7 Å². The molecule has 2 heterocycles. The minimum absolute atomic E-state index is 0.0127. The fraction of sp³-hybridized carbons (Fsp3) is 0.381. The molecule has 0 aliphatic carbocycles. The zero-order chi connectivity index (χ0) is 19.3. The van der Waals surface area contributed by atoms with E-state index in [1.807, 2.05) is 42.5 Å². The van der Waals surface area contributed by atoms with Gasteiger partial charge in [0.15, 0.2) is 11.5 Å². The lowest BCUT2D eigenvalue weighted by Crippen LogP contribution is -2.50. The average Bonchev–Trinajstić information content (AvgIpc) is 2.73. The monoisotopic (exact) mass is 401 g/mol. The molecule has 28 heavy (non-hydrogen) atoms. The quantitative estimate of drug-likeness (QED) is 0.833. The Kier molecular flexibility index (Phi) is 5.88. The standard InChI is InChI=1S/C21H24ClN3O3/c22-16-4-3-5-17(12-16)25-10-8-24(9-11-25)14-21(26)23-13-18-15-27-19-6-1-2-7-20(19)28-18/h1-7,12,18H,8-11,13-15H2,(H,23,26)/t18-/m0/s1. The van der Waals surface area contributed by atoms with Crippen LogP contribution < -0.4 is 19.7 Å². The zero-order valence-corrected chi connectivity index (χ0v) is 16.4. The molecule has 2 aliphatic heterocycles. The Morgan fingerprint density at radius 3 is 2.64 bits per heavy atom. The lowest BCUT2D eigenvalue weighted by atomic mass is 10.2. The number of para-hydroxylation sites is 2. The van der Waals surface area contributed by atoms with E-state index in [4.69, 9.17) is 21.1 Å². The molecule has 4 rings (SSSR count). The number of rotatable bonds is 5. The van der Waals surface area contributed by atoms with Gasteiger partial charge >= 0.3 is 0 Å². The molecule has 0 unspecified atom stereocenters. The number of amides is 1. The van der Waals surface area contributed by atoms with Crippen LogP contribution in [0, 0.1) is 0 Å². The molecule has 1 amide bonds. The molecule has 0 spiro atoms. The summed E-state index contributed by atoms with van der Waals surface area (Å²) in [6.45, 7) is 4.72. The first-order chi connectivity index (χ1) is 13.7. The van der Waals surface area contributed by atoms with Crippen LogP contribution in [0.15, 0.2) is 48.5 Å². The van der Waals surface area contributed by atoms with Crippen LogP contribution in [-0.2, 0) is 4.79 Å². The second-order valence-corrected chi connectivity index (χ2v) is 7.48. The van der Waals surface area contributed by atoms with Crippen LogP contribution in [0.25, 0.3) is 0 Å². The van der Waals surface area contributed by atoms with Crippen molar-refractivity contribution in [2.24, 2.45) is 0 Å². The number of carbonyl (C=O) groups is 1. The minimum atomic E-state index is -0.168. The van der Waals surface area contributed by atoms with Gasteiger partial charge in [-0.3, -0.25) is 9.69 Å². The summed E-state index contributed by atoms with van der Waals surface area (Å²) >= 11 is 6.08. The van der Waals surface area contributed by atoms with Crippen LogP contribution >= 0.6 is 11.6 Å². The van der Waals surface area contributed by atoms with E-state index in [1.165, 1.54) is 0 Å². The minimum Gasteiger partial charge on any atom is -0.486 e. The van der Waals surface area contributed by atoms with E-state index in [-0.39, 0.29) is 12.0 Å². The molecular formula is C21H24ClN3O3. The molecule has 1 N–H and O–H groups in total. The number of piperazine rings is 1. The maximum atomic E-state index is 12.3. The van der Waals surface area contributed by atoms with E-state index in [2.05, 4.69) is 21.2 Å². The predicted molar refractivity (Wildman–Crippen MR) is 109 cm³/mol. The van der Waals surface area contributed by atoms with Crippen LogP contribution in [0.4, 0.5) is 5.69 Å². The Balaban J connectivity index is 1.19. The Bertz CT molecular complexity index is 824. The number of nitrogens with one attached hydrogen (secondary N) is 1. The van der Waals surface area contributed by atoms with Crippen molar-refractivity contribution < 1.29 is 14.3 Å². The SMILES string of the molecule is O=C(CN1CCN(c2cccc(Cl)c2)CC1)NC[C@H]1COc2ccccc2O1. The fourth-order valence-electron chi connectivity index (χ4n) is 3.49. The van der Waals surface area contributed by atoms with Gasteiger partial charge in [0.05, 0.1) is 13.1 Å². The van der Waals surface area contributed by atoms with E-state index < -0.39 is 0 Å². The third-order valence-electron chi connectivity index (χ3n) is 5.01. The second kappa shape index (κ2) is 8.71. The van der Waals surface area contributed by atoms with Gasteiger partial charge in [0, 0.05) is 36.9 Å². The summed E-state index contributed by atoms with van der Waals surface area (Å²) in [7, 11) is 0. The first-order valence-electron chi connectivity index (χ1n) is 9.55. The highest BCUT2D eigenvalue weighted by molar-refractivity contribution is 6.30. The molecule has 6 nitrogen and oxygen atoms in total. The highest BCUT2D eigenvalue weighted by atomic mass is 35.5. The van der Waals surface area contributed by atoms with Gasteiger partial charge < -0.3 is 19.7 Å². The van der Waals surface area contributed by atoms with Crippen molar-refractivity contribution >= 4 is 23.2 Å². The number of nitrogens with zero attached hydrogens (tertiary/aromatic N) is 2. The number of anilines is 1. The number of hydrogen-bond acceptors (Lipinski definition) is 5. The van der Waals surface area contributed by atoms with Crippen LogP contribution in [0.3, 0.4) is 0 Å². The Labute approximate surface area is 170 Å². The second-order valence-electron chi connectivity index (χ2n) is 7.04. The highest BCUT2D eigenvalue weighted by Crippen LogP contribution is 2.30. The van der Waals surface area contributed by atoms with Crippen LogP contribution in [0.1, 0.15) is 0 Å². The number of carbonyl (C=O) groups excluding carboxylic acids is 1. The normalized spacial score (nSPS) is 19.3. The van der Waals surface area contributed by atoms with Crippen molar-refractivity contribution in [3.63, 3.8) is 0 Å². The van der Waals surface area contributed by atoms with Crippen molar-refractivity contribution in [1.82, 2.24) is 10.2 Å². The van der Waals surface area contributed by atoms with Crippen molar-refractivity contribution in [1.29, 1.82) is 0 Å². The van der Waals surface area contributed by atoms with Crippen molar-refractivity contribution in [2.45, 2.75) is 6.10 Å². The summed E-state index contributed by atoms with van der Waals surface area (Å²) in [6, 6.07) is 15.5. The predicted octanol–water partition coefficient (Wildman–Crippen LogP) is 2.42. The number of hydrogen-bond donors (Lipinski definition) is 1. The number of benzene rings is 2. The largest absolute Gasteiger partial charge is 0.486 e. The van der Waals surface area contributed by atoms with Gasteiger partial charge in [-0.05, 0) is 30.3 Å². The van der Waals surface area contributed by atoms with Gasteiger partial charge in [-0.1, -0.05) is 29.8 Å². The number of fused-ring (bicyclic) bond motifs is 1. The molecule has 1 fully saturated rings. The van der Waals surface area contributed by atoms with E-state index in [0.717, 1.165) is 48.4 Å². The molecule has 2 aromatic carbocycles. The molecule has 0 aromatic heterocycles. The summed E-state index contributed by atoms with van der Waals surface area (Å²) in [6.07, 6.45) is -0.168.